The van der Waals surface area contributed by atoms with E-state index in [0.717, 1.165) is 26.9 Å². The number of nitrogens with one attached hydrogen (secondary N) is 3. The van der Waals surface area contributed by atoms with Gasteiger partial charge in [-0.2, -0.15) is 0 Å². The van der Waals surface area contributed by atoms with Crippen LogP contribution in [0.4, 0.5) is 4.79 Å². The van der Waals surface area contributed by atoms with E-state index in [2.05, 4.69) is 15.6 Å². The number of fused-ring (bicyclic) bond motifs is 1. The molecule has 0 aliphatic carbocycles. The number of hydrogen-bond acceptors (Lipinski definition) is 5. The molecule has 184 valence electrons. The number of para-hydroxylation sites is 1. The second kappa shape index (κ2) is 10.9. The molecule has 4 amide bonds. The fourth-order valence-electron chi connectivity index (χ4n) is 4.18. The molecule has 0 radical (unpaired) electrons. The summed E-state index contributed by atoms with van der Waals surface area (Å²) in [6.45, 7) is 4.93. The lowest BCUT2D eigenvalue weighted by atomic mass is 10.1. The van der Waals surface area contributed by atoms with Gasteiger partial charge in [0.05, 0.1) is 13.2 Å². The minimum absolute atomic E-state index is 0.317. The van der Waals surface area contributed by atoms with Crippen molar-refractivity contribution in [2.45, 2.75) is 32.7 Å². The molecule has 1 aromatic heterocycles. The monoisotopic (exact) mass is 478 g/mol. The van der Waals surface area contributed by atoms with Gasteiger partial charge in [0.2, 0.25) is 5.91 Å². The first kappa shape index (κ1) is 24.1. The van der Waals surface area contributed by atoms with Crippen molar-refractivity contribution in [3.63, 3.8) is 0 Å². The normalized spacial score (nSPS) is 15.4. The van der Waals surface area contributed by atoms with Crippen molar-refractivity contribution in [2.75, 3.05) is 26.3 Å². The molecule has 4 rings (SSSR count). The Morgan fingerprint density at radius 2 is 1.83 bits per heavy atom. The Bertz CT molecular complexity index is 1220. The highest BCUT2D eigenvalue weighted by molar-refractivity contribution is 6.06. The summed E-state index contributed by atoms with van der Waals surface area (Å²) in [6, 6.07) is 12.2. The van der Waals surface area contributed by atoms with Crippen molar-refractivity contribution >= 4 is 28.7 Å². The van der Waals surface area contributed by atoms with Crippen molar-refractivity contribution in [3.05, 3.63) is 59.8 Å². The summed E-state index contributed by atoms with van der Waals surface area (Å²) in [4.78, 5) is 41.8. The van der Waals surface area contributed by atoms with Gasteiger partial charge in [0.1, 0.15) is 12.6 Å². The van der Waals surface area contributed by atoms with Gasteiger partial charge in [0, 0.05) is 30.1 Å². The van der Waals surface area contributed by atoms with E-state index in [-0.39, 0.29) is 6.54 Å². The first-order valence-electron chi connectivity index (χ1n) is 11.8. The third-order valence-electron chi connectivity index (χ3n) is 5.85. The number of nitrogens with zero attached hydrogens (tertiary/aromatic N) is 1. The van der Waals surface area contributed by atoms with Gasteiger partial charge < -0.3 is 25.1 Å². The standard InChI is InChI=1S/C26H30N4O5/c1-3-34-22-10-9-17(13-23(22)35-4-2)11-12-27-24(31)16-30-25(32)21(29-26(30)33)14-18-15-28-20-8-6-5-7-19(18)20/h5-10,13,15,21,28H,3-4,11-12,14,16H2,1-2H3,(H,27,31)(H,29,33)/t21-/m1/s1. The zero-order valence-electron chi connectivity index (χ0n) is 19.9. The van der Waals surface area contributed by atoms with Crippen molar-refractivity contribution in [1.29, 1.82) is 0 Å². The number of amides is 4. The van der Waals surface area contributed by atoms with Crippen LogP contribution in [0.2, 0.25) is 0 Å². The molecule has 35 heavy (non-hydrogen) atoms. The van der Waals surface area contributed by atoms with E-state index in [0.29, 0.717) is 44.1 Å². The van der Waals surface area contributed by atoms with Crippen LogP contribution in [-0.4, -0.2) is 60.1 Å². The molecule has 1 aliphatic heterocycles. The topological polar surface area (TPSA) is 113 Å². The van der Waals surface area contributed by atoms with Gasteiger partial charge in [-0.25, -0.2) is 4.79 Å². The lowest BCUT2D eigenvalue weighted by Crippen LogP contribution is -2.41. The van der Waals surface area contributed by atoms with Crippen LogP contribution in [0, 0.1) is 0 Å². The van der Waals surface area contributed by atoms with Gasteiger partial charge in [0.15, 0.2) is 11.5 Å². The van der Waals surface area contributed by atoms with Gasteiger partial charge in [-0.05, 0) is 49.6 Å². The number of ether oxygens (including phenoxy) is 2. The van der Waals surface area contributed by atoms with Gasteiger partial charge in [-0.3, -0.25) is 14.5 Å². The van der Waals surface area contributed by atoms with Crippen LogP contribution in [0.1, 0.15) is 25.0 Å². The Kier molecular flexibility index (Phi) is 7.54. The average molecular weight is 479 g/mol. The maximum Gasteiger partial charge on any atom is 0.325 e. The molecule has 0 unspecified atom stereocenters. The van der Waals surface area contributed by atoms with E-state index in [1.54, 1.807) is 0 Å². The number of carbonyl (C=O) groups excluding carboxylic acids is 3. The number of urea groups is 1. The maximum absolute atomic E-state index is 12.8. The quantitative estimate of drug-likeness (QED) is 0.367. The van der Waals surface area contributed by atoms with Crippen molar-refractivity contribution in [2.24, 2.45) is 0 Å². The number of aromatic nitrogens is 1. The molecule has 9 nitrogen and oxygen atoms in total. The molecule has 9 heteroatoms. The minimum atomic E-state index is -0.699. The molecule has 1 saturated heterocycles. The predicted octanol–water partition coefficient (Wildman–Crippen LogP) is 2.79. The smallest absolute Gasteiger partial charge is 0.325 e. The highest BCUT2D eigenvalue weighted by Gasteiger charge is 2.39. The highest BCUT2D eigenvalue weighted by atomic mass is 16.5. The molecule has 1 fully saturated rings. The average Bonchev–Trinajstić information content (AvgIpc) is 3.37. The van der Waals surface area contributed by atoms with Crippen molar-refractivity contribution in [3.8, 4) is 11.5 Å². The Labute approximate surface area is 203 Å². The van der Waals surface area contributed by atoms with Crippen LogP contribution in [0.5, 0.6) is 11.5 Å². The molecule has 0 spiro atoms. The third-order valence-corrected chi connectivity index (χ3v) is 5.85. The zero-order chi connectivity index (χ0) is 24.8. The number of imide groups is 1. The number of H-pyrrole nitrogens is 1. The van der Waals surface area contributed by atoms with E-state index >= 15 is 0 Å². The second-order valence-corrected chi connectivity index (χ2v) is 8.24. The van der Waals surface area contributed by atoms with Crippen molar-refractivity contribution in [1.82, 2.24) is 20.5 Å². The van der Waals surface area contributed by atoms with Crippen LogP contribution < -0.4 is 20.1 Å². The summed E-state index contributed by atoms with van der Waals surface area (Å²) in [6.07, 6.45) is 2.77. The number of aromatic amines is 1. The van der Waals surface area contributed by atoms with E-state index < -0.39 is 23.9 Å². The largest absolute Gasteiger partial charge is 0.490 e. The van der Waals surface area contributed by atoms with Crippen molar-refractivity contribution < 1.29 is 23.9 Å². The molecular formula is C26H30N4O5. The number of carbonyl (C=O) groups is 3. The Hall–Kier alpha value is -4.01. The van der Waals surface area contributed by atoms with Gasteiger partial charge in [-0.15, -0.1) is 0 Å². The zero-order valence-corrected chi connectivity index (χ0v) is 19.9. The van der Waals surface area contributed by atoms with Gasteiger partial charge in [0.25, 0.3) is 5.91 Å². The van der Waals surface area contributed by atoms with E-state index in [4.69, 9.17) is 9.47 Å². The summed E-state index contributed by atoms with van der Waals surface area (Å²) in [5.74, 6) is 0.558. The summed E-state index contributed by atoms with van der Waals surface area (Å²) < 4.78 is 11.2. The number of rotatable bonds is 11. The summed E-state index contributed by atoms with van der Waals surface area (Å²) in [5, 5.41) is 6.49. The molecule has 0 bridgehead atoms. The van der Waals surface area contributed by atoms with Crippen LogP contribution in [0.25, 0.3) is 10.9 Å². The van der Waals surface area contributed by atoms with Crippen LogP contribution in [0.15, 0.2) is 48.7 Å². The van der Waals surface area contributed by atoms with Crippen LogP contribution >= 0.6 is 0 Å². The lowest BCUT2D eigenvalue weighted by molar-refractivity contribution is -0.132. The third kappa shape index (κ3) is 5.56. The fourth-order valence-corrected chi connectivity index (χ4v) is 4.18. The minimum Gasteiger partial charge on any atom is -0.490 e. The fraction of sp³-hybridized carbons (Fsp3) is 0.346. The summed E-state index contributed by atoms with van der Waals surface area (Å²) in [7, 11) is 0. The first-order valence-corrected chi connectivity index (χ1v) is 11.8. The SMILES string of the molecule is CCOc1ccc(CCNC(=O)CN2C(=O)N[C@H](Cc3c[nH]c4ccccc34)C2=O)cc1OCC. The lowest BCUT2D eigenvalue weighted by Gasteiger charge is -2.14. The molecular weight excluding hydrogens is 448 g/mol. The number of hydrogen-bond donors (Lipinski definition) is 3. The van der Waals surface area contributed by atoms with E-state index in [1.807, 2.05) is 62.5 Å². The summed E-state index contributed by atoms with van der Waals surface area (Å²) >= 11 is 0. The van der Waals surface area contributed by atoms with Gasteiger partial charge in [-0.1, -0.05) is 24.3 Å². The molecule has 3 aromatic rings. The first-order chi connectivity index (χ1) is 17.0. The Morgan fingerprint density at radius 3 is 2.63 bits per heavy atom. The molecule has 2 heterocycles. The molecule has 2 aromatic carbocycles. The van der Waals surface area contributed by atoms with E-state index in [1.165, 1.54) is 0 Å². The van der Waals surface area contributed by atoms with Gasteiger partial charge >= 0.3 is 6.03 Å². The van der Waals surface area contributed by atoms with Crippen LogP contribution in [-0.2, 0) is 22.4 Å². The molecule has 1 atom stereocenters. The second-order valence-electron chi connectivity index (χ2n) is 8.24. The molecule has 3 N–H and O–H groups in total. The predicted molar refractivity (Wildman–Crippen MR) is 132 cm³/mol. The number of benzene rings is 2. The Balaban J connectivity index is 1.29. The molecule has 1 aliphatic rings. The van der Waals surface area contributed by atoms with E-state index in [9.17, 15) is 14.4 Å². The molecule has 0 saturated carbocycles. The maximum atomic E-state index is 12.8. The highest BCUT2D eigenvalue weighted by Crippen LogP contribution is 2.28. The summed E-state index contributed by atoms with van der Waals surface area (Å²) in [5.41, 5.74) is 2.88. The Morgan fingerprint density at radius 1 is 1.06 bits per heavy atom. The van der Waals surface area contributed by atoms with Crippen LogP contribution in [0.3, 0.4) is 0 Å².